The van der Waals surface area contributed by atoms with Gasteiger partial charge in [0.2, 0.25) is 5.88 Å². The van der Waals surface area contributed by atoms with Crippen LogP contribution in [0.4, 0.5) is 13.2 Å². The number of hydrogen-bond donors (Lipinski definition) is 1. The fourth-order valence-corrected chi connectivity index (χ4v) is 6.27. The minimum absolute atomic E-state index is 0.0359. The van der Waals surface area contributed by atoms with E-state index in [9.17, 15) is 27.9 Å². The third-order valence-corrected chi connectivity index (χ3v) is 8.48. The number of nitrogens with zero attached hydrogens (tertiary/aromatic N) is 2. The first kappa shape index (κ1) is 32.0. The van der Waals surface area contributed by atoms with E-state index < -0.39 is 59.2 Å². The maximum absolute atomic E-state index is 14.1. The number of carboxylic acids is 1. The lowest BCUT2D eigenvalue weighted by Gasteiger charge is -2.35. The Morgan fingerprint density at radius 1 is 1.21 bits per heavy atom. The van der Waals surface area contributed by atoms with Gasteiger partial charge in [-0.1, -0.05) is 44.5 Å². The Bertz CT molecular complexity index is 1310. The molecule has 2 saturated heterocycles. The largest absolute Gasteiger partial charge is 0.481 e. The number of halogens is 4. The lowest BCUT2D eigenvalue weighted by Crippen LogP contribution is -2.51. The molecule has 2 aliphatic rings. The quantitative estimate of drug-likeness (QED) is 0.396. The number of methoxy groups -OCH3 is 1. The van der Waals surface area contributed by atoms with E-state index in [0.717, 1.165) is 18.9 Å². The maximum atomic E-state index is 14.1. The molecule has 2 aliphatic heterocycles. The molecule has 0 unspecified atom stereocenters. The fourth-order valence-electron chi connectivity index (χ4n) is 6.09. The Balaban J connectivity index is 1.87. The topological polar surface area (TPSA) is 98.2 Å². The number of ether oxygens (including phenoxy) is 3. The van der Waals surface area contributed by atoms with Crippen LogP contribution < -0.4 is 4.74 Å². The molecule has 1 amide bonds. The number of rotatable bonds is 7. The minimum atomic E-state index is -4.65. The lowest BCUT2D eigenvalue weighted by atomic mass is 9.73. The molecule has 230 valence electrons. The van der Waals surface area contributed by atoms with Gasteiger partial charge in [-0.25, -0.2) is 9.78 Å². The Hall–Kier alpha value is -2.89. The van der Waals surface area contributed by atoms with Crippen LogP contribution in [0.2, 0.25) is 5.02 Å². The van der Waals surface area contributed by atoms with Crippen molar-refractivity contribution in [1.29, 1.82) is 0 Å². The zero-order valence-corrected chi connectivity index (χ0v) is 25.0. The molecule has 42 heavy (non-hydrogen) atoms. The lowest BCUT2D eigenvalue weighted by molar-refractivity contribution is -0.159. The van der Waals surface area contributed by atoms with Crippen LogP contribution in [-0.4, -0.2) is 58.8 Å². The molecule has 0 saturated carbocycles. The normalized spacial score (nSPS) is 25.0. The highest BCUT2D eigenvalue weighted by Gasteiger charge is 2.59. The van der Waals surface area contributed by atoms with Crippen molar-refractivity contribution in [3.8, 4) is 5.88 Å². The molecule has 1 N–H and O–H groups in total. The molecule has 0 bridgehead atoms. The molecule has 0 radical (unpaired) electrons. The highest BCUT2D eigenvalue weighted by atomic mass is 35.5. The molecular weight excluding hydrogens is 577 g/mol. The van der Waals surface area contributed by atoms with Crippen LogP contribution in [0.1, 0.15) is 68.3 Å². The van der Waals surface area contributed by atoms with E-state index in [2.05, 4.69) is 4.98 Å². The van der Waals surface area contributed by atoms with E-state index >= 15 is 0 Å². The minimum Gasteiger partial charge on any atom is -0.481 e. The average Bonchev–Trinajstić information content (AvgIpc) is 3.28. The summed E-state index contributed by atoms with van der Waals surface area (Å²) >= 11 is 6.50. The maximum Gasteiger partial charge on any atom is 0.417 e. The Kier molecular flexibility index (Phi) is 9.44. The van der Waals surface area contributed by atoms with Crippen molar-refractivity contribution in [2.75, 3.05) is 13.7 Å². The smallest absolute Gasteiger partial charge is 0.417 e. The van der Waals surface area contributed by atoms with Crippen molar-refractivity contribution >= 4 is 23.5 Å². The molecule has 0 spiro atoms. The van der Waals surface area contributed by atoms with Gasteiger partial charge in [0.15, 0.2) is 0 Å². The van der Waals surface area contributed by atoms with Gasteiger partial charge in [-0.3, -0.25) is 4.79 Å². The van der Waals surface area contributed by atoms with E-state index in [1.807, 2.05) is 20.8 Å². The zero-order valence-electron chi connectivity index (χ0n) is 24.2. The second-order valence-corrected chi connectivity index (χ2v) is 12.2. The summed E-state index contributed by atoms with van der Waals surface area (Å²) in [6.07, 6.45) is -3.74. The van der Waals surface area contributed by atoms with Crippen LogP contribution in [0.5, 0.6) is 5.88 Å². The highest BCUT2D eigenvalue weighted by molar-refractivity contribution is 6.31. The predicted octanol–water partition coefficient (Wildman–Crippen LogP) is 6.22. The number of aromatic nitrogens is 1. The molecule has 1 aromatic heterocycles. The van der Waals surface area contributed by atoms with Crippen molar-refractivity contribution in [3.05, 3.63) is 57.7 Å². The summed E-state index contributed by atoms with van der Waals surface area (Å²) in [4.78, 5) is 32.3. The van der Waals surface area contributed by atoms with E-state index in [1.54, 1.807) is 25.1 Å². The molecule has 4 rings (SSSR count). The Labute approximate surface area is 248 Å². The second kappa shape index (κ2) is 12.4. The third-order valence-electron chi connectivity index (χ3n) is 8.07. The first-order chi connectivity index (χ1) is 19.7. The van der Waals surface area contributed by atoms with Gasteiger partial charge in [-0.2, -0.15) is 13.2 Å². The van der Waals surface area contributed by atoms with Gasteiger partial charge in [0.25, 0.3) is 5.91 Å². The summed E-state index contributed by atoms with van der Waals surface area (Å²) in [5, 5.41) is 11.0. The molecule has 3 heterocycles. The van der Waals surface area contributed by atoms with Gasteiger partial charge >= 0.3 is 12.1 Å². The van der Waals surface area contributed by atoms with Gasteiger partial charge in [-0.05, 0) is 54.9 Å². The average molecular weight is 613 g/mol. The number of pyridine rings is 1. The van der Waals surface area contributed by atoms with Crippen molar-refractivity contribution in [2.24, 2.45) is 11.3 Å². The molecule has 2 aromatic rings. The Morgan fingerprint density at radius 3 is 2.50 bits per heavy atom. The molecule has 0 aliphatic carbocycles. The summed E-state index contributed by atoms with van der Waals surface area (Å²) in [6, 6.07) is 3.84. The number of hydrogen-bond acceptors (Lipinski definition) is 6. The van der Waals surface area contributed by atoms with Crippen LogP contribution in [0.3, 0.4) is 0 Å². The van der Waals surface area contributed by atoms with Gasteiger partial charge < -0.3 is 24.2 Å². The van der Waals surface area contributed by atoms with Crippen molar-refractivity contribution in [3.63, 3.8) is 0 Å². The number of aliphatic carboxylic acids is 1. The third kappa shape index (κ3) is 6.38. The second-order valence-electron chi connectivity index (χ2n) is 11.8. The van der Waals surface area contributed by atoms with Crippen LogP contribution in [0, 0.1) is 18.3 Å². The molecule has 12 heteroatoms. The summed E-state index contributed by atoms with van der Waals surface area (Å²) in [6.45, 7) is 7.33. The predicted molar refractivity (Wildman–Crippen MR) is 148 cm³/mol. The van der Waals surface area contributed by atoms with Gasteiger partial charge in [0.1, 0.15) is 12.1 Å². The number of alkyl halides is 3. The van der Waals surface area contributed by atoms with Crippen molar-refractivity contribution in [2.45, 2.75) is 84.0 Å². The standard InChI is InChI=1S/C30H36ClF3N2O6/c1-16-19(9-8-10-20(16)31)23-25(42-15-17-13-18(30(32,33)34)14-35-26(17)40-5)22(29(2,3)4)24(28(38)39)36(23)27(37)21-11-6-7-12-41-21/h8-10,13-14,21-25H,6-7,11-12,15H2,1-5H3,(H,38,39)/t21-,22+,23-,24-,25-/m0/s1. The molecule has 2 fully saturated rings. The first-order valence-electron chi connectivity index (χ1n) is 13.8. The summed E-state index contributed by atoms with van der Waals surface area (Å²) in [7, 11) is 1.29. The van der Waals surface area contributed by atoms with Crippen LogP contribution in [-0.2, 0) is 31.8 Å². The highest BCUT2D eigenvalue weighted by Crippen LogP contribution is 2.51. The van der Waals surface area contributed by atoms with Crippen molar-refractivity contribution in [1.82, 2.24) is 9.88 Å². The molecule has 5 atom stereocenters. The fraction of sp³-hybridized carbons (Fsp3) is 0.567. The monoisotopic (exact) mass is 612 g/mol. The summed E-state index contributed by atoms with van der Waals surface area (Å²) in [5.41, 5.74) is -0.427. The Morgan fingerprint density at radius 2 is 1.93 bits per heavy atom. The van der Waals surface area contributed by atoms with Crippen LogP contribution in [0.25, 0.3) is 0 Å². The zero-order chi connectivity index (χ0) is 31.0. The SMILES string of the molecule is COc1ncc(C(F)(F)F)cc1CO[C@H]1[C@H](C(C)(C)C)[C@@H](C(=O)O)N(C(=O)[C@@H]2CCCCO2)[C@H]1c1cccc(Cl)c1C. The van der Waals surface area contributed by atoms with Gasteiger partial charge in [0.05, 0.1) is 31.4 Å². The van der Waals surface area contributed by atoms with Crippen LogP contribution >= 0.6 is 11.6 Å². The molecule has 8 nitrogen and oxygen atoms in total. The number of amides is 1. The molecule has 1 aromatic carbocycles. The summed E-state index contributed by atoms with van der Waals surface area (Å²) in [5.74, 6) is -2.50. The van der Waals surface area contributed by atoms with E-state index in [4.69, 9.17) is 25.8 Å². The van der Waals surface area contributed by atoms with Gasteiger partial charge in [-0.15, -0.1) is 0 Å². The number of benzene rings is 1. The van der Waals surface area contributed by atoms with Crippen molar-refractivity contribution < 1.29 is 42.1 Å². The van der Waals surface area contributed by atoms with E-state index in [1.165, 1.54) is 12.0 Å². The number of carboxylic acid groups (broad SMARTS) is 1. The summed E-state index contributed by atoms with van der Waals surface area (Å²) < 4.78 is 58.0. The van der Waals surface area contributed by atoms with Crippen LogP contribution in [0.15, 0.2) is 30.5 Å². The first-order valence-corrected chi connectivity index (χ1v) is 14.2. The number of likely N-dealkylation sites (tertiary alicyclic amines) is 1. The number of carbonyl (C=O) groups excluding carboxylic acids is 1. The van der Waals surface area contributed by atoms with Gasteiger partial charge in [0, 0.05) is 29.3 Å². The molecular formula is C30H36ClF3N2O6. The van der Waals surface area contributed by atoms with E-state index in [-0.39, 0.29) is 18.1 Å². The van der Waals surface area contributed by atoms with E-state index in [0.29, 0.717) is 35.4 Å². The number of carbonyl (C=O) groups is 2.